The Morgan fingerprint density at radius 2 is 2.21 bits per heavy atom. The van der Waals surface area contributed by atoms with Gasteiger partial charge in [-0.15, -0.1) is 0 Å². The predicted octanol–water partition coefficient (Wildman–Crippen LogP) is 1.56. The van der Waals surface area contributed by atoms with Crippen LogP contribution in [0.15, 0.2) is 10.6 Å². The van der Waals surface area contributed by atoms with Gasteiger partial charge in [0.2, 0.25) is 0 Å². The van der Waals surface area contributed by atoms with Gasteiger partial charge in [-0.2, -0.15) is 0 Å². The number of oxazole rings is 1. The van der Waals surface area contributed by atoms with E-state index in [4.69, 9.17) is 13.9 Å². The average molecular weight is 268 g/mol. The Kier molecular flexibility index (Phi) is 5.36. The van der Waals surface area contributed by atoms with Gasteiger partial charge < -0.3 is 19.2 Å². The minimum absolute atomic E-state index is 0.00746. The highest BCUT2D eigenvalue weighted by Crippen LogP contribution is 2.37. The number of ether oxygens (including phenoxy) is 2. The molecule has 1 aliphatic rings. The fourth-order valence-corrected chi connectivity index (χ4v) is 2.38. The monoisotopic (exact) mass is 268 g/mol. The number of aromatic nitrogens is 1. The molecule has 2 rings (SSSR count). The molecule has 108 valence electrons. The van der Waals surface area contributed by atoms with Crippen LogP contribution in [0.1, 0.15) is 30.9 Å². The van der Waals surface area contributed by atoms with Gasteiger partial charge in [0.25, 0.3) is 0 Å². The molecule has 1 N–H and O–H groups in total. The molecule has 19 heavy (non-hydrogen) atoms. The van der Waals surface area contributed by atoms with Crippen molar-refractivity contribution in [2.24, 2.45) is 0 Å². The van der Waals surface area contributed by atoms with E-state index in [1.807, 2.05) is 6.20 Å². The standard InChI is InChI=1S/C14H24N2O3/c1-17-9-8-15-7-4-13-16-11-12(19-13)10-14(18-2)5-3-6-14/h11,15H,3-10H2,1-2H3. The van der Waals surface area contributed by atoms with E-state index in [1.54, 1.807) is 14.2 Å². The third kappa shape index (κ3) is 4.03. The normalized spacial score (nSPS) is 17.4. The fourth-order valence-electron chi connectivity index (χ4n) is 2.38. The van der Waals surface area contributed by atoms with Crippen LogP contribution in [0.3, 0.4) is 0 Å². The first-order valence-corrected chi connectivity index (χ1v) is 6.96. The molecule has 1 heterocycles. The second-order valence-corrected chi connectivity index (χ2v) is 5.13. The summed E-state index contributed by atoms with van der Waals surface area (Å²) in [6, 6.07) is 0. The van der Waals surface area contributed by atoms with E-state index in [1.165, 1.54) is 6.42 Å². The van der Waals surface area contributed by atoms with E-state index in [0.29, 0.717) is 0 Å². The molecule has 0 unspecified atom stereocenters. The van der Waals surface area contributed by atoms with Crippen LogP contribution >= 0.6 is 0 Å². The SMILES string of the molecule is COCCNCCc1ncc(CC2(OC)CCC2)o1. The second-order valence-electron chi connectivity index (χ2n) is 5.13. The van der Waals surface area contributed by atoms with Crippen LogP contribution in [0.5, 0.6) is 0 Å². The summed E-state index contributed by atoms with van der Waals surface area (Å²) in [7, 11) is 3.49. The van der Waals surface area contributed by atoms with Gasteiger partial charge in [-0.3, -0.25) is 0 Å². The van der Waals surface area contributed by atoms with E-state index in [9.17, 15) is 0 Å². The maximum absolute atomic E-state index is 5.76. The zero-order valence-corrected chi connectivity index (χ0v) is 11.9. The Bertz CT molecular complexity index is 369. The number of methoxy groups -OCH3 is 2. The summed E-state index contributed by atoms with van der Waals surface area (Å²) in [5.41, 5.74) is 0.00746. The first-order valence-electron chi connectivity index (χ1n) is 6.96. The lowest BCUT2D eigenvalue weighted by atomic mass is 9.77. The molecular formula is C14H24N2O3. The molecule has 1 fully saturated rings. The van der Waals surface area contributed by atoms with Gasteiger partial charge in [-0.05, 0) is 19.3 Å². The van der Waals surface area contributed by atoms with Crippen LogP contribution < -0.4 is 5.32 Å². The van der Waals surface area contributed by atoms with Crippen molar-refractivity contribution in [2.75, 3.05) is 33.9 Å². The number of nitrogens with one attached hydrogen (secondary N) is 1. The van der Waals surface area contributed by atoms with Crippen molar-refractivity contribution in [1.29, 1.82) is 0 Å². The minimum atomic E-state index is 0.00746. The Labute approximate surface area is 114 Å². The number of hydrogen-bond donors (Lipinski definition) is 1. The zero-order chi connectivity index (χ0) is 13.6. The Morgan fingerprint density at radius 1 is 1.37 bits per heavy atom. The highest BCUT2D eigenvalue weighted by Gasteiger charge is 2.38. The van der Waals surface area contributed by atoms with Crippen molar-refractivity contribution >= 4 is 0 Å². The molecule has 0 spiro atoms. The van der Waals surface area contributed by atoms with Crippen molar-refractivity contribution in [1.82, 2.24) is 10.3 Å². The maximum atomic E-state index is 5.76. The number of rotatable bonds is 9. The highest BCUT2D eigenvalue weighted by atomic mass is 16.5. The highest BCUT2D eigenvalue weighted by molar-refractivity contribution is 5.04. The molecule has 0 amide bonds. The summed E-state index contributed by atoms with van der Waals surface area (Å²) in [6.07, 6.45) is 6.98. The van der Waals surface area contributed by atoms with Crippen LogP contribution in [0.2, 0.25) is 0 Å². The summed E-state index contributed by atoms with van der Waals surface area (Å²) in [5, 5.41) is 3.28. The van der Waals surface area contributed by atoms with E-state index >= 15 is 0 Å². The van der Waals surface area contributed by atoms with Crippen LogP contribution in [-0.2, 0) is 22.3 Å². The smallest absolute Gasteiger partial charge is 0.195 e. The lowest BCUT2D eigenvalue weighted by Gasteiger charge is -2.39. The molecule has 5 heteroatoms. The average Bonchev–Trinajstić information content (AvgIpc) is 2.81. The van der Waals surface area contributed by atoms with Crippen molar-refractivity contribution in [3.8, 4) is 0 Å². The zero-order valence-electron chi connectivity index (χ0n) is 11.9. The van der Waals surface area contributed by atoms with Crippen molar-refractivity contribution < 1.29 is 13.9 Å². The second kappa shape index (κ2) is 7.03. The molecule has 1 aliphatic carbocycles. The van der Waals surface area contributed by atoms with E-state index < -0.39 is 0 Å². The van der Waals surface area contributed by atoms with Gasteiger partial charge in [-0.1, -0.05) is 0 Å². The molecular weight excluding hydrogens is 244 g/mol. The van der Waals surface area contributed by atoms with E-state index in [-0.39, 0.29) is 5.60 Å². The van der Waals surface area contributed by atoms with E-state index in [2.05, 4.69) is 10.3 Å². The third-order valence-corrected chi connectivity index (χ3v) is 3.79. The fraction of sp³-hybridized carbons (Fsp3) is 0.786. The summed E-state index contributed by atoms with van der Waals surface area (Å²) in [5.74, 6) is 1.74. The summed E-state index contributed by atoms with van der Waals surface area (Å²) in [6.45, 7) is 2.45. The molecule has 5 nitrogen and oxygen atoms in total. The molecule has 0 bridgehead atoms. The van der Waals surface area contributed by atoms with E-state index in [0.717, 1.165) is 57.0 Å². The molecule has 1 aromatic heterocycles. The van der Waals surface area contributed by atoms with Crippen molar-refractivity contribution in [3.63, 3.8) is 0 Å². The summed E-state index contributed by atoms with van der Waals surface area (Å²) < 4.78 is 16.3. The van der Waals surface area contributed by atoms with Crippen molar-refractivity contribution in [2.45, 2.75) is 37.7 Å². The largest absolute Gasteiger partial charge is 0.446 e. The molecule has 0 atom stereocenters. The van der Waals surface area contributed by atoms with Gasteiger partial charge in [-0.25, -0.2) is 4.98 Å². The number of nitrogens with zero attached hydrogens (tertiary/aromatic N) is 1. The summed E-state index contributed by atoms with van der Waals surface area (Å²) in [4.78, 5) is 4.32. The van der Waals surface area contributed by atoms with Gasteiger partial charge in [0.1, 0.15) is 5.76 Å². The van der Waals surface area contributed by atoms with Gasteiger partial charge in [0.05, 0.1) is 18.4 Å². The lowest BCUT2D eigenvalue weighted by Crippen LogP contribution is -2.41. The first kappa shape index (κ1) is 14.5. The molecule has 0 saturated heterocycles. The van der Waals surface area contributed by atoms with Gasteiger partial charge in [0.15, 0.2) is 5.89 Å². The van der Waals surface area contributed by atoms with Crippen LogP contribution in [0.4, 0.5) is 0 Å². The number of hydrogen-bond acceptors (Lipinski definition) is 5. The Hall–Kier alpha value is -0.910. The van der Waals surface area contributed by atoms with Crippen LogP contribution in [0.25, 0.3) is 0 Å². The van der Waals surface area contributed by atoms with Gasteiger partial charge >= 0.3 is 0 Å². The third-order valence-electron chi connectivity index (χ3n) is 3.79. The maximum Gasteiger partial charge on any atom is 0.195 e. The first-order chi connectivity index (χ1) is 9.28. The molecule has 1 aromatic rings. The minimum Gasteiger partial charge on any atom is -0.446 e. The molecule has 1 saturated carbocycles. The molecule has 0 aromatic carbocycles. The van der Waals surface area contributed by atoms with Crippen LogP contribution in [-0.4, -0.2) is 44.5 Å². The molecule has 0 aliphatic heterocycles. The molecule has 0 radical (unpaired) electrons. The quantitative estimate of drug-likeness (QED) is 0.689. The van der Waals surface area contributed by atoms with Crippen molar-refractivity contribution in [3.05, 3.63) is 17.8 Å². The lowest BCUT2D eigenvalue weighted by molar-refractivity contribution is -0.0738. The predicted molar refractivity (Wildman–Crippen MR) is 72.2 cm³/mol. The Balaban J connectivity index is 1.72. The summed E-state index contributed by atoms with van der Waals surface area (Å²) >= 11 is 0. The van der Waals surface area contributed by atoms with Crippen LogP contribution in [0, 0.1) is 0 Å². The van der Waals surface area contributed by atoms with Gasteiger partial charge in [0, 0.05) is 40.2 Å². The topological polar surface area (TPSA) is 56.5 Å². The Morgan fingerprint density at radius 3 is 2.84 bits per heavy atom.